The van der Waals surface area contributed by atoms with Crippen LogP contribution in [-0.4, -0.2) is 72.2 Å². The van der Waals surface area contributed by atoms with Crippen LogP contribution >= 0.6 is 0 Å². The van der Waals surface area contributed by atoms with Crippen LogP contribution < -0.4 is 4.74 Å². The summed E-state index contributed by atoms with van der Waals surface area (Å²) in [6.45, 7) is 5.84. The quantitative estimate of drug-likeness (QED) is 0.399. The number of aryl methyl sites for hydroxylation is 1. The molecule has 3 aromatic rings. The van der Waals surface area contributed by atoms with E-state index in [9.17, 15) is 4.79 Å². The van der Waals surface area contributed by atoms with E-state index in [1.807, 2.05) is 17.2 Å². The number of likely N-dealkylation sites (tertiary alicyclic amines) is 2. The van der Waals surface area contributed by atoms with Crippen LogP contribution in [0, 0.1) is 0 Å². The number of carbonyl (C=O) groups is 1. The van der Waals surface area contributed by atoms with Gasteiger partial charge in [-0.05, 0) is 93.0 Å². The topological polar surface area (TPSA) is 54.9 Å². The lowest BCUT2D eigenvalue weighted by Crippen LogP contribution is -2.45. The third kappa shape index (κ3) is 5.71. The Morgan fingerprint density at radius 3 is 2.53 bits per heavy atom. The average Bonchev–Trinajstić information content (AvgIpc) is 3.69. The number of ether oxygens (including phenoxy) is 2. The zero-order valence-corrected chi connectivity index (χ0v) is 22.3. The number of amides is 1. The number of benzene rings is 2. The van der Waals surface area contributed by atoms with Crippen molar-refractivity contribution in [1.29, 1.82) is 0 Å². The number of pyridine rings is 1. The molecule has 1 amide bonds. The van der Waals surface area contributed by atoms with Crippen molar-refractivity contribution < 1.29 is 14.3 Å². The van der Waals surface area contributed by atoms with Crippen molar-refractivity contribution in [1.82, 2.24) is 14.8 Å². The maximum Gasteiger partial charge on any atom is 0.251 e. The Labute approximate surface area is 225 Å². The molecule has 0 aliphatic carbocycles. The first-order chi connectivity index (χ1) is 18.7. The van der Waals surface area contributed by atoms with Crippen LogP contribution in [-0.2, 0) is 16.0 Å². The van der Waals surface area contributed by atoms with E-state index in [4.69, 9.17) is 14.5 Å². The molecular weight excluding hydrogens is 474 g/mol. The Balaban J connectivity index is 1.11. The number of carbonyl (C=O) groups excluding carboxylic acids is 1. The molecule has 0 unspecified atom stereocenters. The summed E-state index contributed by atoms with van der Waals surface area (Å²) in [5, 5.41) is 1.21. The SMILES string of the molecule is O=C([C@H]1CCCO1)N1CCC(Oc2ccc(-c3ccc4cccnc4c3CCCN3CCCC3)cc2)CC1. The monoisotopic (exact) mass is 513 g/mol. The minimum absolute atomic E-state index is 0.139. The van der Waals surface area contributed by atoms with Gasteiger partial charge in [-0.2, -0.15) is 0 Å². The Bertz CT molecular complexity index is 1220. The standard InChI is InChI=1S/C32H39N3O3/c36-32(30-8-5-23-37-30)35-21-15-27(16-22-35)38-26-12-9-24(10-13-26)28-14-11-25-6-3-17-33-31(25)29(28)7-4-20-34-18-1-2-19-34/h3,6,9-14,17,27,30H,1-2,4-5,7-8,15-16,18-23H2/t30-/m1/s1. The second-order valence-electron chi connectivity index (χ2n) is 11.0. The van der Waals surface area contributed by atoms with Gasteiger partial charge in [-0.3, -0.25) is 9.78 Å². The Morgan fingerprint density at radius 2 is 1.76 bits per heavy atom. The van der Waals surface area contributed by atoms with Gasteiger partial charge in [-0.1, -0.05) is 30.3 Å². The van der Waals surface area contributed by atoms with Gasteiger partial charge in [0, 0.05) is 44.1 Å². The predicted octanol–water partition coefficient (Wildman–Crippen LogP) is 5.48. The van der Waals surface area contributed by atoms with Gasteiger partial charge in [0.2, 0.25) is 0 Å². The normalized spacial score (nSPS) is 20.8. The summed E-state index contributed by atoms with van der Waals surface area (Å²) < 4.78 is 11.9. The van der Waals surface area contributed by atoms with Crippen molar-refractivity contribution >= 4 is 16.8 Å². The highest BCUT2D eigenvalue weighted by atomic mass is 16.5. The van der Waals surface area contributed by atoms with Gasteiger partial charge in [0.05, 0.1) is 5.52 Å². The second kappa shape index (κ2) is 11.8. The molecule has 6 heteroatoms. The van der Waals surface area contributed by atoms with Crippen molar-refractivity contribution in [2.75, 3.05) is 39.3 Å². The first kappa shape index (κ1) is 25.3. The van der Waals surface area contributed by atoms with E-state index in [0.29, 0.717) is 6.61 Å². The molecule has 1 atom stereocenters. The van der Waals surface area contributed by atoms with E-state index < -0.39 is 0 Å². The van der Waals surface area contributed by atoms with Crippen molar-refractivity contribution in [3.8, 4) is 16.9 Å². The van der Waals surface area contributed by atoms with Crippen LogP contribution in [0.5, 0.6) is 5.75 Å². The summed E-state index contributed by atoms with van der Waals surface area (Å²) in [5.41, 5.74) is 4.94. The predicted molar refractivity (Wildman–Crippen MR) is 150 cm³/mol. The molecule has 2 aromatic carbocycles. The van der Waals surface area contributed by atoms with Crippen LogP contribution in [0.1, 0.15) is 50.5 Å². The van der Waals surface area contributed by atoms with E-state index >= 15 is 0 Å². The number of nitrogens with zero attached hydrogens (tertiary/aromatic N) is 3. The van der Waals surface area contributed by atoms with Crippen molar-refractivity contribution in [2.24, 2.45) is 0 Å². The highest BCUT2D eigenvalue weighted by Crippen LogP contribution is 2.32. The van der Waals surface area contributed by atoms with Gasteiger partial charge in [0.1, 0.15) is 18.0 Å². The number of rotatable bonds is 8. The Morgan fingerprint density at radius 1 is 0.947 bits per heavy atom. The molecule has 38 heavy (non-hydrogen) atoms. The van der Waals surface area contributed by atoms with Crippen LogP contribution in [0.15, 0.2) is 54.7 Å². The molecule has 1 aromatic heterocycles. The van der Waals surface area contributed by atoms with Crippen molar-refractivity contribution in [3.05, 3.63) is 60.3 Å². The lowest BCUT2D eigenvalue weighted by Gasteiger charge is -2.33. The van der Waals surface area contributed by atoms with E-state index in [0.717, 1.165) is 69.4 Å². The molecule has 0 bridgehead atoms. The minimum Gasteiger partial charge on any atom is -0.490 e. The van der Waals surface area contributed by atoms with Crippen LogP contribution in [0.4, 0.5) is 0 Å². The van der Waals surface area contributed by atoms with Gasteiger partial charge < -0.3 is 19.3 Å². The average molecular weight is 514 g/mol. The molecule has 6 rings (SSSR count). The molecule has 3 aliphatic heterocycles. The summed E-state index contributed by atoms with van der Waals surface area (Å²) in [7, 11) is 0. The van der Waals surface area contributed by atoms with Gasteiger partial charge in [-0.25, -0.2) is 0 Å². The third-order valence-corrected chi connectivity index (χ3v) is 8.41. The van der Waals surface area contributed by atoms with Gasteiger partial charge >= 0.3 is 0 Å². The molecule has 3 aliphatic rings. The number of hydrogen-bond acceptors (Lipinski definition) is 5. The maximum atomic E-state index is 12.6. The maximum absolute atomic E-state index is 12.6. The fourth-order valence-corrected chi connectivity index (χ4v) is 6.29. The van der Waals surface area contributed by atoms with E-state index in [1.54, 1.807) is 0 Å². The van der Waals surface area contributed by atoms with Gasteiger partial charge in [-0.15, -0.1) is 0 Å². The molecule has 3 saturated heterocycles. The van der Waals surface area contributed by atoms with Crippen LogP contribution in [0.3, 0.4) is 0 Å². The van der Waals surface area contributed by atoms with Crippen molar-refractivity contribution in [3.63, 3.8) is 0 Å². The first-order valence-electron chi connectivity index (χ1n) is 14.5. The fourth-order valence-electron chi connectivity index (χ4n) is 6.29. The summed E-state index contributed by atoms with van der Waals surface area (Å²) in [5.74, 6) is 1.05. The number of piperidine rings is 1. The number of fused-ring (bicyclic) bond motifs is 1. The molecule has 6 nitrogen and oxygen atoms in total. The molecule has 0 spiro atoms. The lowest BCUT2D eigenvalue weighted by molar-refractivity contribution is -0.142. The highest BCUT2D eigenvalue weighted by Gasteiger charge is 2.31. The largest absolute Gasteiger partial charge is 0.490 e. The van der Waals surface area contributed by atoms with E-state index in [1.165, 1.54) is 48.0 Å². The van der Waals surface area contributed by atoms with E-state index in [-0.39, 0.29) is 18.1 Å². The fraction of sp³-hybridized carbons (Fsp3) is 0.500. The molecule has 3 fully saturated rings. The smallest absolute Gasteiger partial charge is 0.251 e. The lowest BCUT2D eigenvalue weighted by atomic mass is 9.93. The summed E-state index contributed by atoms with van der Waals surface area (Å²) in [6, 6.07) is 17.2. The zero-order chi connectivity index (χ0) is 25.7. The molecule has 200 valence electrons. The van der Waals surface area contributed by atoms with Gasteiger partial charge in [0.25, 0.3) is 5.91 Å². The van der Waals surface area contributed by atoms with Crippen LogP contribution in [0.2, 0.25) is 0 Å². The molecular formula is C32H39N3O3. The van der Waals surface area contributed by atoms with Crippen LogP contribution in [0.25, 0.3) is 22.0 Å². The van der Waals surface area contributed by atoms with Crippen molar-refractivity contribution in [2.45, 2.75) is 63.6 Å². The van der Waals surface area contributed by atoms with Gasteiger partial charge in [0.15, 0.2) is 0 Å². The Kier molecular flexibility index (Phi) is 7.89. The molecule has 0 saturated carbocycles. The molecule has 0 N–H and O–H groups in total. The summed E-state index contributed by atoms with van der Waals surface area (Å²) >= 11 is 0. The summed E-state index contributed by atoms with van der Waals surface area (Å²) in [4.78, 5) is 22.0. The Hall–Kier alpha value is -2.96. The minimum atomic E-state index is -0.226. The first-order valence-corrected chi connectivity index (χ1v) is 14.5. The molecule has 4 heterocycles. The third-order valence-electron chi connectivity index (χ3n) is 8.41. The number of aromatic nitrogens is 1. The molecule has 0 radical (unpaired) electrons. The zero-order valence-electron chi connectivity index (χ0n) is 22.3. The highest BCUT2D eigenvalue weighted by molar-refractivity contribution is 5.89. The summed E-state index contributed by atoms with van der Waals surface area (Å²) in [6.07, 6.45) is 10.2. The number of hydrogen-bond donors (Lipinski definition) is 0. The second-order valence-corrected chi connectivity index (χ2v) is 11.0. The van der Waals surface area contributed by atoms with E-state index in [2.05, 4.69) is 47.4 Å².